The van der Waals surface area contributed by atoms with E-state index in [1.807, 2.05) is 18.2 Å². The predicted octanol–water partition coefficient (Wildman–Crippen LogP) is 5.67. The lowest BCUT2D eigenvalue weighted by atomic mass is 9.94. The number of allylic oxidation sites excluding steroid dienone is 5. The van der Waals surface area contributed by atoms with Crippen LogP contribution < -0.4 is 9.47 Å². The standard InChI is InChI=1S/C29H25FO6/c1-3-27(31)34-18-17-21-7-5-20(6-8-21)9-16-29(33)36-24-14-15-25(26(30)19-24)22-10-12-23(13-11-22)35-28(32)4-2/h3-7,9-16,19,21H,1-2,8,17-18H2/b16-9+. The van der Waals surface area contributed by atoms with Crippen molar-refractivity contribution >= 4 is 17.9 Å². The topological polar surface area (TPSA) is 78.9 Å². The minimum atomic E-state index is -0.636. The average Bonchev–Trinajstić information content (AvgIpc) is 2.88. The average molecular weight is 489 g/mol. The maximum absolute atomic E-state index is 14.7. The monoisotopic (exact) mass is 488 g/mol. The molecule has 0 spiro atoms. The third kappa shape index (κ3) is 7.77. The van der Waals surface area contributed by atoms with E-state index in [0.717, 1.165) is 30.2 Å². The molecule has 1 aliphatic carbocycles. The lowest BCUT2D eigenvalue weighted by Crippen LogP contribution is -2.08. The van der Waals surface area contributed by atoms with Crippen molar-refractivity contribution in [3.8, 4) is 22.6 Å². The molecule has 0 radical (unpaired) electrons. The van der Waals surface area contributed by atoms with Gasteiger partial charge in [0.25, 0.3) is 0 Å². The number of rotatable bonds is 10. The van der Waals surface area contributed by atoms with Gasteiger partial charge in [-0.15, -0.1) is 0 Å². The van der Waals surface area contributed by atoms with Crippen LogP contribution in [0.4, 0.5) is 4.39 Å². The summed E-state index contributed by atoms with van der Waals surface area (Å²) in [7, 11) is 0. The van der Waals surface area contributed by atoms with Gasteiger partial charge < -0.3 is 14.2 Å². The molecule has 0 heterocycles. The van der Waals surface area contributed by atoms with Crippen molar-refractivity contribution in [1.29, 1.82) is 0 Å². The number of hydrogen-bond acceptors (Lipinski definition) is 6. The van der Waals surface area contributed by atoms with E-state index in [2.05, 4.69) is 13.2 Å². The first-order chi connectivity index (χ1) is 17.4. The maximum Gasteiger partial charge on any atom is 0.336 e. The summed E-state index contributed by atoms with van der Waals surface area (Å²) in [4.78, 5) is 34.5. The number of halogens is 1. The number of carbonyl (C=O) groups excluding carboxylic acids is 3. The normalized spacial score (nSPS) is 14.6. The van der Waals surface area contributed by atoms with Gasteiger partial charge in [0.15, 0.2) is 0 Å². The van der Waals surface area contributed by atoms with Crippen molar-refractivity contribution in [3.63, 3.8) is 0 Å². The van der Waals surface area contributed by atoms with E-state index in [9.17, 15) is 18.8 Å². The molecular formula is C29H25FO6. The van der Waals surface area contributed by atoms with Gasteiger partial charge in [-0.3, -0.25) is 0 Å². The fourth-order valence-electron chi connectivity index (χ4n) is 3.36. The fourth-order valence-corrected chi connectivity index (χ4v) is 3.36. The molecule has 1 atom stereocenters. The Morgan fingerprint density at radius 3 is 2.28 bits per heavy atom. The van der Waals surface area contributed by atoms with Crippen LogP contribution in [0.25, 0.3) is 11.1 Å². The highest BCUT2D eigenvalue weighted by atomic mass is 19.1. The van der Waals surface area contributed by atoms with Crippen molar-refractivity contribution in [2.45, 2.75) is 12.8 Å². The highest BCUT2D eigenvalue weighted by Gasteiger charge is 2.11. The van der Waals surface area contributed by atoms with Crippen LogP contribution in [0.3, 0.4) is 0 Å². The molecule has 36 heavy (non-hydrogen) atoms. The fraction of sp³-hybridized carbons (Fsp3) is 0.138. The van der Waals surface area contributed by atoms with Crippen LogP contribution in [0.1, 0.15) is 12.8 Å². The molecule has 0 N–H and O–H groups in total. The predicted molar refractivity (Wildman–Crippen MR) is 134 cm³/mol. The highest BCUT2D eigenvalue weighted by Crippen LogP contribution is 2.28. The van der Waals surface area contributed by atoms with Gasteiger partial charge in [-0.25, -0.2) is 18.8 Å². The van der Waals surface area contributed by atoms with E-state index in [1.54, 1.807) is 30.3 Å². The van der Waals surface area contributed by atoms with Crippen molar-refractivity contribution in [1.82, 2.24) is 0 Å². The molecule has 1 aliphatic rings. The Kier molecular flexibility index (Phi) is 9.28. The van der Waals surface area contributed by atoms with Crippen LogP contribution in [0.15, 0.2) is 104 Å². The first-order valence-electron chi connectivity index (χ1n) is 11.2. The maximum atomic E-state index is 14.7. The second kappa shape index (κ2) is 12.8. The largest absolute Gasteiger partial charge is 0.463 e. The summed E-state index contributed by atoms with van der Waals surface area (Å²) in [5, 5.41) is 0. The van der Waals surface area contributed by atoms with E-state index in [4.69, 9.17) is 14.2 Å². The van der Waals surface area contributed by atoms with Crippen molar-refractivity contribution in [3.05, 3.63) is 110 Å². The van der Waals surface area contributed by atoms with E-state index < -0.39 is 23.7 Å². The molecule has 2 aromatic rings. The molecule has 184 valence electrons. The van der Waals surface area contributed by atoms with E-state index in [1.165, 1.54) is 18.2 Å². The van der Waals surface area contributed by atoms with Gasteiger partial charge in [-0.1, -0.05) is 43.5 Å². The molecular weight excluding hydrogens is 463 g/mol. The van der Waals surface area contributed by atoms with Crippen LogP contribution in [0, 0.1) is 11.7 Å². The van der Waals surface area contributed by atoms with Crippen LogP contribution >= 0.6 is 0 Å². The molecule has 6 nitrogen and oxygen atoms in total. The smallest absolute Gasteiger partial charge is 0.336 e. The third-order valence-electron chi connectivity index (χ3n) is 5.24. The second-order valence-electron chi connectivity index (χ2n) is 7.77. The zero-order valence-electron chi connectivity index (χ0n) is 19.5. The minimum Gasteiger partial charge on any atom is -0.463 e. The van der Waals surface area contributed by atoms with Gasteiger partial charge in [-0.05, 0) is 60.2 Å². The minimum absolute atomic E-state index is 0.0738. The Morgan fingerprint density at radius 2 is 1.64 bits per heavy atom. The Morgan fingerprint density at radius 1 is 0.944 bits per heavy atom. The number of ether oxygens (including phenoxy) is 3. The number of esters is 3. The van der Waals surface area contributed by atoms with Crippen molar-refractivity contribution < 1.29 is 33.0 Å². The van der Waals surface area contributed by atoms with Gasteiger partial charge in [0.05, 0.1) is 6.61 Å². The van der Waals surface area contributed by atoms with E-state index >= 15 is 0 Å². The molecule has 0 saturated heterocycles. The Bertz CT molecular complexity index is 1240. The van der Waals surface area contributed by atoms with E-state index in [-0.39, 0.29) is 11.7 Å². The van der Waals surface area contributed by atoms with Crippen LogP contribution in [-0.4, -0.2) is 24.5 Å². The second-order valence-corrected chi connectivity index (χ2v) is 7.77. The Hall–Kier alpha value is -4.52. The van der Waals surface area contributed by atoms with Crippen LogP contribution in [0.2, 0.25) is 0 Å². The number of carbonyl (C=O) groups is 3. The van der Waals surface area contributed by atoms with Gasteiger partial charge in [0.1, 0.15) is 17.3 Å². The van der Waals surface area contributed by atoms with Crippen LogP contribution in [0.5, 0.6) is 11.5 Å². The molecule has 0 fully saturated rings. The SMILES string of the molecule is C=CC(=O)OCCC1C=CC(/C=C/C(=O)Oc2ccc(-c3ccc(OC(=O)C=C)cc3)c(F)c2)=CC1. The number of benzene rings is 2. The lowest BCUT2D eigenvalue weighted by molar-refractivity contribution is -0.138. The molecule has 7 heteroatoms. The summed E-state index contributed by atoms with van der Waals surface area (Å²) < 4.78 is 29.9. The van der Waals surface area contributed by atoms with E-state index in [0.29, 0.717) is 29.9 Å². The zero-order valence-corrected chi connectivity index (χ0v) is 19.5. The summed E-state index contributed by atoms with van der Waals surface area (Å²) in [6.45, 7) is 7.00. The summed E-state index contributed by atoms with van der Waals surface area (Å²) >= 11 is 0. The van der Waals surface area contributed by atoms with Crippen LogP contribution in [-0.2, 0) is 19.1 Å². The Labute approximate surface area is 208 Å². The molecule has 0 bridgehead atoms. The summed E-state index contributed by atoms with van der Waals surface area (Å²) in [6.07, 6.45) is 12.4. The summed E-state index contributed by atoms with van der Waals surface area (Å²) in [5.74, 6) is -1.60. The lowest BCUT2D eigenvalue weighted by Gasteiger charge is -2.14. The molecule has 0 amide bonds. The molecule has 0 aliphatic heterocycles. The van der Waals surface area contributed by atoms with Gasteiger partial charge in [-0.2, -0.15) is 0 Å². The molecule has 0 aromatic heterocycles. The quantitative estimate of drug-likeness (QED) is 0.244. The van der Waals surface area contributed by atoms with Gasteiger partial charge in [0, 0.05) is 29.9 Å². The third-order valence-corrected chi connectivity index (χ3v) is 5.24. The van der Waals surface area contributed by atoms with Gasteiger partial charge in [0.2, 0.25) is 0 Å². The number of hydrogen-bond donors (Lipinski definition) is 0. The summed E-state index contributed by atoms with van der Waals surface area (Å²) in [6, 6.07) is 10.5. The summed E-state index contributed by atoms with van der Waals surface area (Å²) in [5.41, 5.74) is 1.71. The molecule has 2 aromatic carbocycles. The highest BCUT2D eigenvalue weighted by molar-refractivity contribution is 5.85. The Balaban J connectivity index is 1.52. The molecule has 0 saturated carbocycles. The first kappa shape index (κ1) is 26.1. The van der Waals surface area contributed by atoms with Crippen molar-refractivity contribution in [2.75, 3.05) is 6.61 Å². The zero-order chi connectivity index (χ0) is 25.9. The molecule has 1 unspecified atom stereocenters. The first-order valence-corrected chi connectivity index (χ1v) is 11.2. The molecule has 3 rings (SSSR count). The van der Waals surface area contributed by atoms with Gasteiger partial charge >= 0.3 is 17.9 Å². The van der Waals surface area contributed by atoms with Crippen molar-refractivity contribution in [2.24, 2.45) is 5.92 Å².